The van der Waals surface area contributed by atoms with Gasteiger partial charge < -0.3 is 5.73 Å². The van der Waals surface area contributed by atoms with Crippen LogP contribution in [0, 0.1) is 5.92 Å². The number of hydrogen-bond acceptors (Lipinski definition) is 1. The molecule has 1 aromatic rings. The van der Waals surface area contributed by atoms with Gasteiger partial charge in [-0.25, -0.2) is 0 Å². The monoisotopic (exact) mass is 250 g/mol. The number of amides is 1. The highest BCUT2D eigenvalue weighted by Crippen LogP contribution is 2.44. The molecular formula is C14H14ClNO. The van der Waals surface area contributed by atoms with Crippen molar-refractivity contribution in [3.63, 3.8) is 0 Å². The molecule has 88 valence electrons. The number of allylic oxidation sites excluding steroid dienone is 1. The third-order valence-corrected chi connectivity index (χ3v) is 3.67. The molecular weight excluding hydrogens is 234 g/mol. The van der Waals surface area contributed by atoms with E-state index in [-0.39, 0.29) is 6.42 Å². The van der Waals surface area contributed by atoms with Crippen molar-refractivity contribution in [2.75, 3.05) is 0 Å². The summed E-state index contributed by atoms with van der Waals surface area (Å²) in [5.74, 6) is -0.849. The lowest BCUT2D eigenvalue weighted by atomic mass is 9.82. The zero-order valence-corrected chi connectivity index (χ0v) is 9.97. The van der Waals surface area contributed by atoms with Gasteiger partial charge in [0.1, 0.15) is 0 Å². The number of hydrogen-bond donors (Lipinski definition) is 1. The summed E-state index contributed by atoms with van der Waals surface area (Å²) in [7, 11) is 0. The van der Waals surface area contributed by atoms with Gasteiger partial charge >= 0.3 is 0 Å². The van der Waals surface area contributed by atoms with E-state index in [4.69, 9.17) is 21.4 Å². The Bertz CT molecular complexity index is 654. The van der Waals surface area contributed by atoms with Crippen LogP contribution in [0.25, 0.3) is 5.57 Å². The summed E-state index contributed by atoms with van der Waals surface area (Å²) in [4.78, 5) is 11.6. The lowest BCUT2D eigenvalue weighted by Gasteiger charge is -2.22. The summed E-state index contributed by atoms with van der Waals surface area (Å²) in [5.41, 5.74) is 8.13. The Kier molecular flexibility index (Phi) is 1.81. The lowest BCUT2D eigenvalue weighted by molar-refractivity contribution is -0.121. The quantitative estimate of drug-likeness (QED) is 0.818. The van der Waals surface area contributed by atoms with Crippen molar-refractivity contribution < 1.29 is 8.91 Å². The van der Waals surface area contributed by atoms with Gasteiger partial charge in [0.25, 0.3) is 0 Å². The van der Waals surface area contributed by atoms with Gasteiger partial charge in [-0.1, -0.05) is 17.6 Å². The number of halogens is 1. The second-order valence-corrected chi connectivity index (χ2v) is 4.89. The van der Waals surface area contributed by atoms with E-state index in [1.807, 2.05) is 0 Å². The first-order chi connectivity index (χ1) is 9.31. The third kappa shape index (κ3) is 1.67. The first kappa shape index (κ1) is 7.93. The Morgan fingerprint density at radius 2 is 2.47 bits per heavy atom. The highest BCUT2D eigenvalue weighted by Gasteiger charge is 2.32. The molecule has 0 saturated heterocycles. The molecule has 0 fully saturated rings. The smallest absolute Gasteiger partial charge is 0.224 e. The summed E-state index contributed by atoms with van der Waals surface area (Å²) >= 11 is 6.00. The highest BCUT2D eigenvalue weighted by molar-refractivity contribution is 6.30. The predicted octanol–water partition coefficient (Wildman–Crippen LogP) is 2.94. The first-order valence-corrected chi connectivity index (χ1v) is 6.01. The molecule has 2 aliphatic rings. The Morgan fingerprint density at radius 1 is 1.65 bits per heavy atom. The van der Waals surface area contributed by atoms with E-state index < -0.39 is 18.2 Å². The van der Waals surface area contributed by atoms with Crippen molar-refractivity contribution in [1.82, 2.24) is 0 Å². The van der Waals surface area contributed by atoms with E-state index in [1.165, 1.54) is 0 Å². The largest absolute Gasteiger partial charge is 0.369 e. The Balaban J connectivity index is 2.23. The van der Waals surface area contributed by atoms with Crippen LogP contribution in [0.1, 0.15) is 34.5 Å². The van der Waals surface area contributed by atoms with Gasteiger partial charge in [-0.15, -0.1) is 0 Å². The van der Waals surface area contributed by atoms with Crippen LogP contribution in [-0.2, 0) is 11.2 Å². The average Bonchev–Trinajstić information content (AvgIpc) is 2.69. The van der Waals surface area contributed by atoms with Crippen LogP contribution < -0.4 is 5.73 Å². The fourth-order valence-corrected chi connectivity index (χ4v) is 2.82. The molecule has 0 bridgehead atoms. The minimum Gasteiger partial charge on any atom is -0.369 e. The maximum absolute atomic E-state index is 11.6. The van der Waals surface area contributed by atoms with E-state index in [1.54, 1.807) is 12.1 Å². The molecule has 3 heteroatoms. The van der Waals surface area contributed by atoms with Crippen LogP contribution >= 0.6 is 11.6 Å². The van der Waals surface area contributed by atoms with Crippen molar-refractivity contribution in [2.45, 2.75) is 25.6 Å². The minimum atomic E-state index is -1.50. The standard InChI is InChI=1S/C14H14ClNO/c15-9-5-4-8-6-13-10(12(8)7-9)2-1-3-11(13)14(16)17/h4-5,7,11H,1-3,6H2,(H2,16,17)/i2D2,4D. The van der Waals surface area contributed by atoms with E-state index >= 15 is 0 Å². The van der Waals surface area contributed by atoms with E-state index in [0.717, 1.165) is 11.1 Å². The molecule has 0 aromatic heterocycles. The second-order valence-electron chi connectivity index (χ2n) is 4.46. The lowest BCUT2D eigenvalue weighted by Crippen LogP contribution is -2.27. The van der Waals surface area contributed by atoms with Crippen molar-refractivity contribution in [1.29, 1.82) is 0 Å². The number of carbonyl (C=O) groups excluding carboxylic acids is 1. The first-order valence-electron chi connectivity index (χ1n) is 7.13. The Labute approximate surface area is 110 Å². The number of fused-ring (bicyclic) bond motifs is 2. The molecule has 3 rings (SSSR count). The minimum absolute atomic E-state index is 0.263. The molecule has 0 spiro atoms. The summed E-state index contributed by atoms with van der Waals surface area (Å²) in [6, 6.07) is 3.53. The van der Waals surface area contributed by atoms with Crippen LogP contribution in [0.4, 0.5) is 0 Å². The van der Waals surface area contributed by atoms with Gasteiger partial charge in [-0.05, 0) is 60.0 Å². The highest BCUT2D eigenvalue weighted by atomic mass is 35.5. The van der Waals surface area contributed by atoms with Crippen LogP contribution in [-0.4, -0.2) is 5.91 Å². The molecule has 1 amide bonds. The summed E-state index contributed by atoms with van der Waals surface area (Å²) in [6.07, 6.45) is -0.383. The normalized spacial score (nSPS) is 27.8. The van der Waals surface area contributed by atoms with E-state index in [2.05, 4.69) is 0 Å². The van der Waals surface area contributed by atoms with Gasteiger partial charge in [0.2, 0.25) is 5.91 Å². The predicted molar refractivity (Wildman–Crippen MR) is 68.6 cm³/mol. The fraction of sp³-hybridized carbons (Fsp3) is 0.357. The van der Waals surface area contributed by atoms with Crippen LogP contribution in [0.15, 0.2) is 23.7 Å². The zero-order valence-electron chi connectivity index (χ0n) is 12.2. The molecule has 0 saturated carbocycles. The molecule has 17 heavy (non-hydrogen) atoms. The van der Waals surface area contributed by atoms with Gasteiger partial charge in [0, 0.05) is 7.76 Å². The molecule has 0 radical (unpaired) electrons. The third-order valence-electron chi connectivity index (χ3n) is 3.45. The van der Waals surface area contributed by atoms with Gasteiger partial charge in [-0.3, -0.25) is 4.79 Å². The van der Waals surface area contributed by atoms with Crippen molar-refractivity contribution in [2.24, 2.45) is 11.7 Å². The molecule has 2 N–H and O–H groups in total. The SMILES string of the molecule is [2H]c1cc(Cl)cc2c1CC1=C2C([2H])([2H])CCC1C(N)=O. The van der Waals surface area contributed by atoms with Crippen molar-refractivity contribution in [3.05, 3.63) is 39.9 Å². The molecule has 2 nitrogen and oxygen atoms in total. The van der Waals surface area contributed by atoms with Crippen LogP contribution in [0.3, 0.4) is 0 Å². The molecule has 0 heterocycles. The van der Waals surface area contributed by atoms with Crippen molar-refractivity contribution >= 4 is 23.1 Å². The number of rotatable bonds is 1. The van der Waals surface area contributed by atoms with Crippen LogP contribution in [0.5, 0.6) is 0 Å². The summed E-state index contributed by atoms with van der Waals surface area (Å²) in [5, 5.41) is 0.416. The van der Waals surface area contributed by atoms with Crippen LogP contribution in [0.2, 0.25) is 5.02 Å². The zero-order chi connectivity index (χ0) is 14.7. The molecule has 1 aromatic carbocycles. The van der Waals surface area contributed by atoms with E-state index in [0.29, 0.717) is 35.0 Å². The number of primary amides is 1. The number of benzene rings is 1. The van der Waals surface area contributed by atoms with E-state index in [9.17, 15) is 4.79 Å². The Morgan fingerprint density at radius 3 is 3.24 bits per heavy atom. The molecule has 0 aliphatic heterocycles. The summed E-state index contributed by atoms with van der Waals surface area (Å²) in [6.45, 7) is 0. The Hall–Kier alpha value is -1.28. The molecule has 1 atom stereocenters. The fourth-order valence-electron chi connectivity index (χ4n) is 2.66. The molecule has 2 aliphatic carbocycles. The average molecular weight is 251 g/mol. The van der Waals surface area contributed by atoms with Gasteiger partial charge in [0.15, 0.2) is 0 Å². The van der Waals surface area contributed by atoms with Crippen molar-refractivity contribution in [3.8, 4) is 0 Å². The number of carbonyl (C=O) groups is 1. The molecule has 1 unspecified atom stereocenters. The number of nitrogens with two attached hydrogens (primary N) is 1. The maximum atomic E-state index is 11.6. The van der Waals surface area contributed by atoms with Gasteiger partial charge in [-0.2, -0.15) is 0 Å². The maximum Gasteiger partial charge on any atom is 0.224 e. The summed E-state index contributed by atoms with van der Waals surface area (Å²) < 4.78 is 24.4. The topological polar surface area (TPSA) is 43.1 Å². The second kappa shape index (κ2) is 3.88. The van der Waals surface area contributed by atoms with Gasteiger partial charge in [0.05, 0.1) is 7.29 Å².